The van der Waals surface area contributed by atoms with E-state index in [-0.39, 0.29) is 18.5 Å². The van der Waals surface area contributed by atoms with Gasteiger partial charge in [-0.3, -0.25) is 0 Å². The molecule has 0 aromatic heterocycles. The number of hydrogen-bond donors (Lipinski definition) is 1. The van der Waals surface area contributed by atoms with Crippen LogP contribution in [0.2, 0.25) is 0 Å². The quantitative estimate of drug-likeness (QED) is 0.880. The van der Waals surface area contributed by atoms with Gasteiger partial charge in [0.2, 0.25) is 0 Å². The maximum absolute atomic E-state index is 8.94. The molecule has 0 aliphatic heterocycles. The molecular formula is C13H17ClN2O. The maximum Gasteiger partial charge on any atom is 0.137 e. The van der Waals surface area contributed by atoms with E-state index in [2.05, 4.69) is 6.07 Å². The topological polar surface area (TPSA) is 59.0 Å². The van der Waals surface area contributed by atoms with Crippen molar-refractivity contribution in [2.45, 2.75) is 37.8 Å². The van der Waals surface area contributed by atoms with Crippen molar-refractivity contribution in [1.29, 1.82) is 5.26 Å². The minimum absolute atomic E-state index is 0. The second kappa shape index (κ2) is 6.48. The van der Waals surface area contributed by atoms with Gasteiger partial charge in [0.05, 0.1) is 11.7 Å². The zero-order valence-corrected chi connectivity index (χ0v) is 10.5. The van der Waals surface area contributed by atoms with Crippen LogP contribution in [0.4, 0.5) is 0 Å². The first-order valence-electron chi connectivity index (χ1n) is 5.71. The van der Waals surface area contributed by atoms with E-state index < -0.39 is 0 Å². The van der Waals surface area contributed by atoms with Gasteiger partial charge in [-0.05, 0) is 37.8 Å². The lowest BCUT2D eigenvalue weighted by Gasteiger charge is -2.27. The fraction of sp³-hybridized carbons (Fsp3) is 0.462. The molecule has 1 aliphatic rings. The molecule has 0 unspecified atom stereocenters. The predicted molar refractivity (Wildman–Crippen MR) is 69.3 cm³/mol. The summed E-state index contributed by atoms with van der Waals surface area (Å²) in [5.74, 6) is 0.700. The molecule has 2 N–H and O–H groups in total. The number of nitriles is 1. The molecule has 0 atom stereocenters. The number of ether oxygens (including phenoxy) is 1. The third kappa shape index (κ3) is 3.62. The molecule has 0 spiro atoms. The summed E-state index contributed by atoms with van der Waals surface area (Å²) in [6.07, 6.45) is 4.22. The fourth-order valence-electron chi connectivity index (χ4n) is 2.05. The molecule has 0 bridgehead atoms. The first kappa shape index (κ1) is 13.8. The van der Waals surface area contributed by atoms with E-state index in [1.165, 1.54) is 0 Å². The molecule has 1 aliphatic carbocycles. The van der Waals surface area contributed by atoms with E-state index in [0.29, 0.717) is 17.4 Å². The van der Waals surface area contributed by atoms with E-state index >= 15 is 0 Å². The van der Waals surface area contributed by atoms with Crippen molar-refractivity contribution in [3.05, 3.63) is 29.8 Å². The zero-order chi connectivity index (χ0) is 11.4. The average molecular weight is 253 g/mol. The smallest absolute Gasteiger partial charge is 0.137 e. The number of halogens is 1. The first-order chi connectivity index (χ1) is 7.79. The number of rotatable bonds is 2. The van der Waals surface area contributed by atoms with Crippen LogP contribution in [0.3, 0.4) is 0 Å². The zero-order valence-electron chi connectivity index (χ0n) is 9.63. The van der Waals surface area contributed by atoms with Crippen molar-refractivity contribution in [3.63, 3.8) is 0 Å². The van der Waals surface area contributed by atoms with Crippen molar-refractivity contribution in [2.75, 3.05) is 0 Å². The Morgan fingerprint density at radius 3 is 2.47 bits per heavy atom. The molecule has 1 fully saturated rings. The lowest BCUT2D eigenvalue weighted by molar-refractivity contribution is 0.147. The minimum atomic E-state index is 0. The van der Waals surface area contributed by atoms with Gasteiger partial charge in [0.25, 0.3) is 0 Å². The van der Waals surface area contributed by atoms with Crippen molar-refractivity contribution < 1.29 is 4.74 Å². The first-order valence-corrected chi connectivity index (χ1v) is 5.71. The summed E-state index contributed by atoms with van der Waals surface area (Å²) in [5, 5.41) is 8.94. The third-order valence-corrected chi connectivity index (χ3v) is 3.02. The summed E-state index contributed by atoms with van der Waals surface area (Å²) >= 11 is 0. The van der Waals surface area contributed by atoms with Gasteiger partial charge in [0.15, 0.2) is 0 Å². The Kier molecular flexibility index (Phi) is 5.27. The summed E-state index contributed by atoms with van der Waals surface area (Å²) in [4.78, 5) is 0. The van der Waals surface area contributed by atoms with Crippen LogP contribution in [0.5, 0.6) is 5.75 Å². The number of benzene rings is 1. The Morgan fingerprint density at radius 1 is 1.18 bits per heavy atom. The van der Waals surface area contributed by atoms with E-state index in [4.69, 9.17) is 15.7 Å². The highest BCUT2D eigenvalue weighted by Crippen LogP contribution is 2.25. The number of nitrogens with zero attached hydrogens (tertiary/aromatic N) is 1. The van der Waals surface area contributed by atoms with Gasteiger partial charge >= 0.3 is 0 Å². The molecule has 0 radical (unpaired) electrons. The van der Waals surface area contributed by atoms with Crippen LogP contribution in [0.15, 0.2) is 24.3 Å². The van der Waals surface area contributed by atoms with Crippen LogP contribution in [-0.2, 0) is 0 Å². The maximum atomic E-state index is 8.94. The van der Waals surface area contributed by atoms with Crippen LogP contribution >= 0.6 is 12.4 Å². The summed E-state index contributed by atoms with van der Waals surface area (Å²) < 4.78 is 5.85. The Labute approximate surface area is 108 Å². The van der Waals surface area contributed by atoms with Gasteiger partial charge in [-0.2, -0.15) is 5.26 Å². The second-order valence-electron chi connectivity index (χ2n) is 4.26. The highest BCUT2D eigenvalue weighted by atomic mass is 35.5. The third-order valence-electron chi connectivity index (χ3n) is 3.02. The number of nitrogens with two attached hydrogens (primary N) is 1. The molecular weight excluding hydrogens is 236 g/mol. The van der Waals surface area contributed by atoms with E-state index in [1.807, 2.05) is 18.2 Å². The molecule has 17 heavy (non-hydrogen) atoms. The fourth-order valence-corrected chi connectivity index (χ4v) is 2.05. The Morgan fingerprint density at radius 2 is 1.82 bits per heavy atom. The van der Waals surface area contributed by atoms with E-state index in [1.54, 1.807) is 6.07 Å². The van der Waals surface area contributed by atoms with Gasteiger partial charge in [-0.1, -0.05) is 12.1 Å². The van der Waals surface area contributed by atoms with Crippen molar-refractivity contribution in [2.24, 2.45) is 5.73 Å². The molecule has 0 amide bonds. The predicted octanol–water partition coefficient (Wildman–Crippen LogP) is 2.63. The van der Waals surface area contributed by atoms with Gasteiger partial charge in [0, 0.05) is 6.04 Å². The van der Waals surface area contributed by atoms with Gasteiger partial charge in [0.1, 0.15) is 11.8 Å². The van der Waals surface area contributed by atoms with Crippen LogP contribution in [0.1, 0.15) is 31.2 Å². The highest BCUT2D eigenvalue weighted by molar-refractivity contribution is 5.85. The summed E-state index contributed by atoms with van der Waals surface area (Å²) in [7, 11) is 0. The summed E-state index contributed by atoms with van der Waals surface area (Å²) in [6.45, 7) is 0. The monoisotopic (exact) mass is 252 g/mol. The normalized spacial score (nSPS) is 23.3. The second-order valence-corrected chi connectivity index (χ2v) is 4.26. The summed E-state index contributed by atoms with van der Waals surface area (Å²) in [6, 6.07) is 9.85. The van der Waals surface area contributed by atoms with Gasteiger partial charge in [-0.25, -0.2) is 0 Å². The van der Waals surface area contributed by atoms with Crippen LogP contribution < -0.4 is 10.5 Å². The SMILES string of the molecule is Cl.N#Cc1ccccc1OC1CCC(N)CC1. The standard InChI is InChI=1S/C13H16N2O.ClH/c14-9-10-3-1-2-4-13(10)16-12-7-5-11(15)6-8-12;/h1-4,11-12H,5-8,15H2;1H. The summed E-state index contributed by atoms with van der Waals surface area (Å²) in [5.41, 5.74) is 6.45. The molecule has 4 heteroatoms. The lowest BCUT2D eigenvalue weighted by Crippen LogP contribution is -2.31. The molecule has 1 aromatic carbocycles. The van der Waals surface area contributed by atoms with E-state index in [9.17, 15) is 0 Å². The van der Waals surface area contributed by atoms with Crippen molar-refractivity contribution in [1.82, 2.24) is 0 Å². The molecule has 92 valence electrons. The molecule has 1 aromatic rings. The van der Waals surface area contributed by atoms with Crippen molar-refractivity contribution >= 4 is 12.4 Å². The minimum Gasteiger partial charge on any atom is -0.489 e. The largest absolute Gasteiger partial charge is 0.489 e. The molecule has 2 rings (SSSR count). The van der Waals surface area contributed by atoms with Gasteiger partial charge in [-0.15, -0.1) is 12.4 Å². The van der Waals surface area contributed by atoms with Crippen LogP contribution in [0.25, 0.3) is 0 Å². The highest BCUT2D eigenvalue weighted by Gasteiger charge is 2.20. The Balaban J connectivity index is 0.00000144. The lowest BCUT2D eigenvalue weighted by atomic mass is 9.93. The molecule has 3 nitrogen and oxygen atoms in total. The average Bonchev–Trinajstić information content (AvgIpc) is 2.33. The van der Waals surface area contributed by atoms with Crippen LogP contribution in [-0.4, -0.2) is 12.1 Å². The molecule has 0 heterocycles. The van der Waals surface area contributed by atoms with Crippen molar-refractivity contribution in [3.8, 4) is 11.8 Å². The number of para-hydroxylation sites is 1. The Bertz CT molecular complexity index is 395. The van der Waals surface area contributed by atoms with Gasteiger partial charge < -0.3 is 10.5 Å². The Hall–Kier alpha value is -1.24. The molecule has 1 saturated carbocycles. The number of hydrogen-bond acceptors (Lipinski definition) is 3. The van der Waals surface area contributed by atoms with Crippen LogP contribution in [0, 0.1) is 11.3 Å². The molecule has 0 saturated heterocycles. The van der Waals surface area contributed by atoms with E-state index in [0.717, 1.165) is 25.7 Å².